The Morgan fingerprint density at radius 2 is 1.69 bits per heavy atom. The summed E-state index contributed by atoms with van der Waals surface area (Å²) in [5, 5.41) is 2.73. The second-order valence-electron chi connectivity index (χ2n) is 7.21. The highest BCUT2D eigenvalue weighted by molar-refractivity contribution is 7.92. The van der Waals surface area contributed by atoms with Gasteiger partial charge in [-0.1, -0.05) is 12.1 Å². The predicted octanol–water partition coefficient (Wildman–Crippen LogP) is 4.27. The Labute approximate surface area is 185 Å². The number of carbonyl (C=O) groups excluding carboxylic acids is 1. The van der Waals surface area contributed by atoms with Crippen LogP contribution >= 0.6 is 0 Å². The molecular formula is C23H22F2N2O4S. The van der Waals surface area contributed by atoms with Crippen molar-refractivity contribution in [2.24, 2.45) is 0 Å². The molecule has 3 aromatic carbocycles. The smallest absolute Gasteiger partial charge is 0.261 e. The first kappa shape index (κ1) is 23.2. The van der Waals surface area contributed by atoms with Crippen molar-refractivity contribution in [3.05, 3.63) is 89.5 Å². The number of nitrogens with one attached hydrogen (secondary N) is 2. The van der Waals surface area contributed by atoms with Gasteiger partial charge in [0.25, 0.3) is 15.9 Å². The van der Waals surface area contributed by atoms with Crippen molar-refractivity contribution in [3.63, 3.8) is 0 Å². The Morgan fingerprint density at radius 1 is 1.00 bits per heavy atom. The van der Waals surface area contributed by atoms with Crippen LogP contribution in [-0.4, -0.2) is 27.0 Å². The van der Waals surface area contributed by atoms with E-state index in [2.05, 4.69) is 10.0 Å². The molecule has 0 aliphatic rings. The maximum absolute atomic E-state index is 13.6. The molecule has 3 rings (SSSR count). The summed E-state index contributed by atoms with van der Waals surface area (Å²) in [6.07, 6.45) is 0. The predicted molar refractivity (Wildman–Crippen MR) is 117 cm³/mol. The number of hydrogen-bond donors (Lipinski definition) is 2. The second kappa shape index (κ2) is 9.78. The molecule has 3 aromatic rings. The van der Waals surface area contributed by atoms with E-state index in [-0.39, 0.29) is 28.5 Å². The minimum absolute atomic E-state index is 0.0677. The minimum atomic E-state index is -3.91. The number of aryl methyl sites for hydroxylation is 1. The third kappa shape index (κ3) is 5.82. The zero-order valence-corrected chi connectivity index (χ0v) is 18.2. The zero-order valence-electron chi connectivity index (χ0n) is 17.4. The maximum atomic E-state index is 13.6. The molecule has 0 aliphatic carbocycles. The molecule has 32 heavy (non-hydrogen) atoms. The number of sulfonamides is 1. The van der Waals surface area contributed by atoms with Gasteiger partial charge in [0.05, 0.1) is 10.9 Å². The number of ether oxygens (including phenoxy) is 1. The van der Waals surface area contributed by atoms with Crippen LogP contribution in [0.4, 0.5) is 14.5 Å². The number of carbonyl (C=O) groups is 1. The molecule has 9 heteroatoms. The fourth-order valence-corrected chi connectivity index (χ4v) is 3.96. The van der Waals surface area contributed by atoms with Gasteiger partial charge in [0.1, 0.15) is 12.4 Å². The molecule has 1 unspecified atom stereocenters. The van der Waals surface area contributed by atoms with Crippen LogP contribution in [0.1, 0.15) is 22.8 Å². The number of hydrogen-bond acceptors (Lipinski definition) is 4. The van der Waals surface area contributed by atoms with Crippen LogP contribution in [-0.2, 0) is 10.0 Å². The van der Waals surface area contributed by atoms with Crippen molar-refractivity contribution in [3.8, 4) is 5.75 Å². The number of para-hydroxylation sites is 1. The van der Waals surface area contributed by atoms with Crippen LogP contribution in [0, 0.1) is 18.6 Å². The fraction of sp³-hybridized carbons (Fsp3) is 0.174. The van der Waals surface area contributed by atoms with Gasteiger partial charge in [-0.3, -0.25) is 9.52 Å². The summed E-state index contributed by atoms with van der Waals surface area (Å²) >= 11 is 0. The molecule has 6 nitrogen and oxygen atoms in total. The van der Waals surface area contributed by atoms with Gasteiger partial charge in [-0.05, 0) is 74.0 Å². The highest BCUT2D eigenvalue weighted by Crippen LogP contribution is 2.19. The number of rotatable bonds is 8. The standard InChI is InChI=1S/C23H22F2N2O4S/c1-15-13-19(11-12-20(15)24)32(29,30)27-18-9-7-17(8-10-18)23(28)26-16(2)14-31-22-6-4-3-5-21(22)25/h3-13,16,27H,14H2,1-2H3,(H,26,28). The fourth-order valence-electron chi connectivity index (χ4n) is 2.81. The van der Waals surface area contributed by atoms with Crippen LogP contribution in [0.3, 0.4) is 0 Å². The lowest BCUT2D eigenvalue weighted by atomic mass is 10.2. The summed E-state index contributed by atoms with van der Waals surface area (Å²) in [6, 6.07) is 14.9. The first-order valence-electron chi connectivity index (χ1n) is 9.73. The summed E-state index contributed by atoms with van der Waals surface area (Å²) in [6.45, 7) is 3.26. The molecular weight excluding hydrogens is 438 g/mol. The van der Waals surface area contributed by atoms with E-state index in [9.17, 15) is 22.0 Å². The average molecular weight is 461 g/mol. The van der Waals surface area contributed by atoms with Crippen molar-refractivity contribution in [1.29, 1.82) is 0 Å². The lowest BCUT2D eigenvalue weighted by Crippen LogP contribution is -2.36. The maximum Gasteiger partial charge on any atom is 0.261 e. The lowest BCUT2D eigenvalue weighted by molar-refractivity contribution is 0.0926. The van der Waals surface area contributed by atoms with Crippen molar-refractivity contribution >= 4 is 21.6 Å². The van der Waals surface area contributed by atoms with E-state index in [0.717, 1.165) is 6.07 Å². The molecule has 0 saturated carbocycles. The molecule has 1 amide bonds. The van der Waals surface area contributed by atoms with Crippen molar-refractivity contribution < 1.29 is 26.7 Å². The quantitative estimate of drug-likeness (QED) is 0.526. The molecule has 0 saturated heterocycles. The van der Waals surface area contributed by atoms with E-state index in [4.69, 9.17) is 4.74 Å². The van der Waals surface area contributed by atoms with Gasteiger partial charge in [-0.15, -0.1) is 0 Å². The third-order valence-electron chi connectivity index (χ3n) is 4.54. The van der Waals surface area contributed by atoms with Gasteiger partial charge >= 0.3 is 0 Å². The van der Waals surface area contributed by atoms with E-state index in [1.54, 1.807) is 19.1 Å². The van der Waals surface area contributed by atoms with Gasteiger partial charge in [0, 0.05) is 11.3 Å². The Bertz CT molecular complexity index is 1210. The molecule has 0 bridgehead atoms. The Hall–Kier alpha value is -3.46. The van der Waals surface area contributed by atoms with Crippen LogP contribution in [0.5, 0.6) is 5.75 Å². The molecule has 0 aromatic heterocycles. The first-order chi connectivity index (χ1) is 15.2. The number of amides is 1. The van der Waals surface area contributed by atoms with Crippen molar-refractivity contribution in [2.45, 2.75) is 24.8 Å². The molecule has 0 fully saturated rings. The number of anilines is 1. The Kier molecular flexibility index (Phi) is 7.09. The second-order valence-corrected chi connectivity index (χ2v) is 8.89. The molecule has 0 aliphatic heterocycles. The largest absolute Gasteiger partial charge is 0.488 e. The topological polar surface area (TPSA) is 84.5 Å². The summed E-state index contributed by atoms with van der Waals surface area (Å²) in [7, 11) is -3.91. The van der Waals surface area contributed by atoms with E-state index in [0.29, 0.717) is 5.56 Å². The van der Waals surface area contributed by atoms with E-state index < -0.39 is 33.6 Å². The Balaban J connectivity index is 1.59. The van der Waals surface area contributed by atoms with Crippen molar-refractivity contribution in [2.75, 3.05) is 11.3 Å². The van der Waals surface area contributed by atoms with Gasteiger partial charge < -0.3 is 10.1 Å². The SMILES string of the molecule is Cc1cc(S(=O)(=O)Nc2ccc(C(=O)NC(C)COc3ccccc3F)cc2)ccc1F. The first-order valence-corrected chi connectivity index (χ1v) is 11.2. The van der Waals surface area contributed by atoms with Crippen molar-refractivity contribution in [1.82, 2.24) is 5.32 Å². The molecule has 0 radical (unpaired) electrons. The Morgan fingerprint density at radius 3 is 2.34 bits per heavy atom. The molecule has 1 atom stereocenters. The molecule has 0 spiro atoms. The minimum Gasteiger partial charge on any atom is -0.488 e. The summed E-state index contributed by atoms with van der Waals surface area (Å²) in [5.74, 6) is -1.27. The number of benzene rings is 3. The lowest BCUT2D eigenvalue weighted by Gasteiger charge is -2.15. The van der Waals surface area contributed by atoms with E-state index in [1.807, 2.05) is 0 Å². The normalized spacial score (nSPS) is 12.1. The zero-order chi connectivity index (χ0) is 23.3. The molecule has 168 valence electrons. The summed E-state index contributed by atoms with van der Waals surface area (Å²) in [5.41, 5.74) is 0.774. The van der Waals surface area contributed by atoms with Crippen LogP contribution < -0.4 is 14.8 Å². The molecule has 2 N–H and O–H groups in total. The average Bonchev–Trinajstić information content (AvgIpc) is 2.75. The van der Waals surface area contributed by atoms with Crippen LogP contribution in [0.15, 0.2) is 71.6 Å². The van der Waals surface area contributed by atoms with Gasteiger partial charge in [-0.25, -0.2) is 17.2 Å². The van der Waals surface area contributed by atoms with E-state index >= 15 is 0 Å². The van der Waals surface area contributed by atoms with Gasteiger partial charge in [0.15, 0.2) is 11.6 Å². The number of halogens is 2. The molecule has 0 heterocycles. The summed E-state index contributed by atoms with van der Waals surface area (Å²) < 4.78 is 59.7. The van der Waals surface area contributed by atoms with Gasteiger partial charge in [-0.2, -0.15) is 0 Å². The highest BCUT2D eigenvalue weighted by Gasteiger charge is 2.16. The van der Waals surface area contributed by atoms with Gasteiger partial charge in [0.2, 0.25) is 0 Å². The van der Waals surface area contributed by atoms with Crippen LogP contribution in [0.2, 0.25) is 0 Å². The summed E-state index contributed by atoms with van der Waals surface area (Å²) in [4.78, 5) is 12.3. The van der Waals surface area contributed by atoms with Crippen LogP contribution in [0.25, 0.3) is 0 Å². The third-order valence-corrected chi connectivity index (χ3v) is 5.92. The highest BCUT2D eigenvalue weighted by atomic mass is 32.2. The monoisotopic (exact) mass is 460 g/mol. The van der Waals surface area contributed by atoms with E-state index in [1.165, 1.54) is 55.5 Å².